The number of allylic oxidation sites excluding steroid dienone is 2. The monoisotopic (exact) mass is 342 g/mol. The van der Waals surface area contributed by atoms with Crippen LogP contribution in [0.4, 0.5) is 0 Å². The first-order valence-electron chi connectivity index (χ1n) is 6.58. The van der Waals surface area contributed by atoms with Gasteiger partial charge in [-0.1, -0.05) is 49.1 Å². The van der Waals surface area contributed by atoms with Crippen molar-refractivity contribution in [3.05, 3.63) is 53.8 Å². The summed E-state index contributed by atoms with van der Waals surface area (Å²) in [5, 5.41) is 0. The molecule has 0 atom stereocenters. The molecular formula is C17H19ORh. The molecule has 0 fully saturated rings. The van der Waals surface area contributed by atoms with Gasteiger partial charge in [-0.3, -0.25) is 6.79 Å². The Labute approximate surface area is 129 Å². The van der Waals surface area contributed by atoms with Crippen LogP contribution in [-0.4, -0.2) is 6.79 Å². The maximum absolute atomic E-state index is 7.75. The average Bonchev–Trinajstić information content (AvgIpc) is 2.81. The van der Waals surface area contributed by atoms with Crippen LogP contribution in [0.3, 0.4) is 0 Å². The van der Waals surface area contributed by atoms with E-state index in [4.69, 9.17) is 4.79 Å². The van der Waals surface area contributed by atoms with Crippen molar-refractivity contribution in [2.45, 2.75) is 38.5 Å². The van der Waals surface area contributed by atoms with Gasteiger partial charge in [0.05, 0.1) is 0 Å². The summed E-state index contributed by atoms with van der Waals surface area (Å²) in [6, 6.07) is 8.92. The number of carbonyl (C=O) groups excluding carboxylic acids is 1. The summed E-state index contributed by atoms with van der Waals surface area (Å²) >= 11 is 0. The van der Waals surface area contributed by atoms with E-state index in [1.807, 2.05) is 0 Å². The number of hydrogen-bond donors (Lipinski definition) is 0. The van der Waals surface area contributed by atoms with Crippen LogP contribution in [0, 0.1) is 12.8 Å². The van der Waals surface area contributed by atoms with Gasteiger partial charge in [0.2, 0.25) is 0 Å². The van der Waals surface area contributed by atoms with Crippen molar-refractivity contribution in [1.29, 1.82) is 0 Å². The molecule has 2 heteroatoms. The molecule has 0 heterocycles. The number of fused-ring (bicyclic) bond motifs is 2. The Balaban J connectivity index is 0.000000576. The minimum Gasteiger partial charge on any atom is -0.545 e. The van der Waals surface area contributed by atoms with Crippen molar-refractivity contribution < 1.29 is 24.3 Å². The number of rotatable bonds is 2. The predicted octanol–water partition coefficient (Wildman–Crippen LogP) is 4.09. The summed E-state index contributed by atoms with van der Waals surface area (Å²) in [5.41, 5.74) is 6.37. The standard InChI is InChI=1S/C16H18.CHO.Rh/c1-2-6-12-8-5-10-15-14-9-4-3-7-13(14)11-16(12)15;1-2;/h3-4,7,9H,1-2,5-6,8,10-11H2;1H;/q-2;-1;+3. The maximum Gasteiger partial charge on any atom is 3.00 e. The normalized spacial score (nSPS) is 15.9. The summed E-state index contributed by atoms with van der Waals surface area (Å²) < 4.78 is 0. The van der Waals surface area contributed by atoms with Crippen LogP contribution < -0.4 is 0 Å². The summed E-state index contributed by atoms with van der Waals surface area (Å²) in [6.45, 7) is 7.25. The van der Waals surface area contributed by atoms with Crippen LogP contribution in [0.15, 0.2) is 29.8 Å². The fourth-order valence-electron chi connectivity index (χ4n) is 3.17. The Morgan fingerprint density at radius 3 is 2.74 bits per heavy atom. The van der Waals surface area contributed by atoms with E-state index in [1.54, 1.807) is 17.1 Å². The van der Waals surface area contributed by atoms with Gasteiger partial charge in [0.1, 0.15) is 0 Å². The smallest absolute Gasteiger partial charge is 0.545 e. The van der Waals surface area contributed by atoms with Crippen LogP contribution in [0.5, 0.6) is 0 Å². The quantitative estimate of drug-likeness (QED) is 0.449. The molecular weight excluding hydrogens is 323 g/mol. The summed E-state index contributed by atoms with van der Waals surface area (Å²) in [5.74, 6) is 1.69. The third-order valence-corrected chi connectivity index (χ3v) is 3.88. The van der Waals surface area contributed by atoms with Crippen molar-refractivity contribution in [2.75, 3.05) is 0 Å². The molecule has 1 aromatic rings. The molecule has 0 unspecified atom stereocenters. The molecule has 1 aromatic carbocycles. The zero-order chi connectivity index (χ0) is 13.0. The van der Waals surface area contributed by atoms with Gasteiger partial charge in [-0.2, -0.15) is 12.0 Å². The van der Waals surface area contributed by atoms with Crippen LogP contribution in [-0.2, 0) is 30.7 Å². The molecule has 0 amide bonds. The molecule has 0 bridgehead atoms. The van der Waals surface area contributed by atoms with E-state index in [0.29, 0.717) is 0 Å². The zero-order valence-corrected chi connectivity index (χ0v) is 12.7. The van der Waals surface area contributed by atoms with Gasteiger partial charge < -0.3 is 11.7 Å². The van der Waals surface area contributed by atoms with Crippen molar-refractivity contribution in [2.24, 2.45) is 0 Å². The molecule has 0 radical (unpaired) electrons. The van der Waals surface area contributed by atoms with Gasteiger partial charge in [0.25, 0.3) is 0 Å². The van der Waals surface area contributed by atoms with Gasteiger partial charge in [-0.05, 0) is 6.42 Å². The predicted molar refractivity (Wildman–Crippen MR) is 75.5 cm³/mol. The molecule has 1 nitrogen and oxygen atoms in total. The van der Waals surface area contributed by atoms with E-state index in [9.17, 15) is 0 Å². The number of benzene rings is 1. The first kappa shape index (κ1) is 16.2. The van der Waals surface area contributed by atoms with Crippen molar-refractivity contribution in [1.82, 2.24) is 0 Å². The fraction of sp³-hybridized carbons (Fsp3) is 0.353. The molecule has 0 spiro atoms. The third kappa shape index (κ3) is 3.17. The van der Waals surface area contributed by atoms with Crippen LogP contribution in [0.1, 0.15) is 43.2 Å². The van der Waals surface area contributed by atoms with E-state index in [0.717, 1.165) is 6.42 Å². The SMILES string of the molecule is [CH-]=O.[CH2-]CC[C-]1CCCC2=C1Cc1ccccc12.[Rh+3]. The summed E-state index contributed by atoms with van der Waals surface area (Å²) in [7, 11) is 0. The Hall–Kier alpha value is -0.877. The van der Waals surface area contributed by atoms with Crippen molar-refractivity contribution in [3.63, 3.8) is 0 Å². The Bertz CT molecular complexity index is 450. The van der Waals surface area contributed by atoms with Crippen molar-refractivity contribution in [3.8, 4) is 0 Å². The fourth-order valence-corrected chi connectivity index (χ4v) is 3.17. The first-order valence-corrected chi connectivity index (χ1v) is 6.58. The van der Waals surface area contributed by atoms with Gasteiger partial charge >= 0.3 is 19.5 Å². The van der Waals surface area contributed by atoms with Gasteiger partial charge in [0, 0.05) is 0 Å². The topological polar surface area (TPSA) is 17.1 Å². The van der Waals surface area contributed by atoms with Gasteiger partial charge in [0.15, 0.2) is 0 Å². The molecule has 0 saturated heterocycles. The van der Waals surface area contributed by atoms with E-state index in [2.05, 4.69) is 38.0 Å². The zero-order valence-electron chi connectivity index (χ0n) is 11.1. The Morgan fingerprint density at radius 2 is 2.00 bits per heavy atom. The molecule has 102 valence electrons. The minimum atomic E-state index is 0. The summed E-state index contributed by atoms with van der Waals surface area (Å²) in [4.78, 5) is 7.75. The van der Waals surface area contributed by atoms with E-state index in [-0.39, 0.29) is 19.5 Å². The second-order valence-corrected chi connectivity index (χ2v) is 4.85. The molecule has 0 aliphatic heterocycles. The van der Waals surface area contributed by atoms with E-state index in [1.165, 1.54) is 43.2 Å². The van der Waals surface area contributed by atoms with E-state index < -0.39 is 0 Å². The molecule has 0 saturated carbocycles. The van der Waals surface area contributed by atoms with Crippen LogP contribution in [0.2, 0.25) is 0 Å². The second-order valence-electron chi connectivity index (χ2n) is 4.85. The molecule has 0 N–H and O–H groups in total. The van der Waals surface area contributed by atoms with E-state index >= 15 is 0 Å². The first-order chi connectivity index (χ1) is 8.90. The Morgan fingerprint density at radius 1 is 1.26 bits per heavy atom. The Kier molecular flexibility index (Phi) is 6.51. The second kappa shape index (κ2) is 7.65. The van der Waals surface area contributed by atoms with Crippen LogP contribution >= 0.6 is 0 Å². The number of hydrogen-bond acceptors (Lipinski definition) is 1. The molecule has 2 aliphatic carbocycles. The maximum atomic E-state index is 7.75. The molecule has 19 heavy (non-hydrogen) atoms. The van der Waals surface area contributed by atoms with Crippen molar-refractivity contribution >= 4 is 12.4 Å². The average molecular weight is 342 g/mol. The summed E-state index contributed by atoms with van der Waals surface area (Å²) in [6.07, 6.45) is 7.36. The molecule has 2 aliphatic rings. The molecule has 0 aromatic heterocycles. The largest absolute Gasteiger partial charge is 3.00 e. The van der Waals surface area contributed by atoms with Gasteiger partial charge in [-0.25, -0.2) is 11.5 Å². The minimum absolute atomic E-state index is 0. The van der Waals surface area contributed by atoms with Gasteiger partial charge in [-0.15, -0.1) is 12.0 Å². The molecule has 3 rings (SSSR count). The van der Waals surface area contributed by atoms with Crippen LogP contribution in [0.25, 0.3) is 5.57 Å². The third-order valence-electron chi connectivity index (χ3n) is 3.88.